The van der Waals surface area contributed by atoms with Gasteiger partial charge in [-0.15, -0.1) is 11.3 Å². The molecule has 3 heterocycles. The van der Waals surface area contributed by atoms with Gasteiger partial charge in [-0.3, -0.25) is 14.5 Å². The van der Waals surface area contributed by atoms with Crippen LogP contribution in [-0.2, 0) is 22.7 Å². The van der Waals surface area contributed by atoms with Crippen LogP contribution < -0.4 is 10.6 Å². The van der Waals surface area contributed by atoms with Crippen LogP contribution in [0.15, 0.2) is 21.9 Å². The summed E-state index contributed by atoms with van der Waals surface area (Å²) in [4.78, 5) is 39.5. The van der Waals surface area contributed by atoms with Crippen molar-refractivity contribution in [2.45, 2.75) is 20.0 Å². The number of urea groups is 1. The molecule has 0 radical (unpaired) electrons. The molecule has 0 aliphatic carbocycles. The van der Waals surface area contributed by atoms with E-state index in [1.807, 2.05) is 0 Å². The van der Waals surface area contributed by atoms with Gasteiger partial charge in [0, 0.05) is 12.3 Å². The van der Waals surface area contributed by atoms with Crippen molar-refractivity contribution in [2.75, 3.05) is 6.54 Å². The van der Waals surface area contributed by atoms with Gasteiger partial charge in [-0.25, -0.2) is 9.78 Å². The quantitative estimate of drug-likeness (QED) is 0.797. The molecule has 9 heteroatoms. The molecule has 0 atom stereocenters. The molecule has 3 rings (SSSR count). The van der Waals surface area contributed by atoms with Crippen molar-refractivity contribution in [2.24, 2.45) is 0 Å². The van der Waals surface area contributed by atoms with Crippen LogP contribution >= 0.6 is 11.3 Å². The Morgan fingerprint density at radius 3 is 3.00 bits per heavy atom. The van der Waals surface area contributed by atoms with E-state index >= 15 is 0 Å². The van der Waals surface area contributed by atoms with Gasteiger partial charge in [0.05, 0.1) is 19.6 Å². The summed E-state index contributed by atoms with van der Waals surface area (Å²) >= 11 is 1.35. The maximum atomic E-state index is 11.6. The zero-order valence-corrected chi connectivity index (χ0v) is 13.1. The number of aromatic nitrogens is 1. The van der Waals surface area contributed by atoms with Gasteiger partial charge in [0.15, 0.2) is 5.76 Å². The van der Waals surface area contributed by atoms with Crippen LogP contribution in [0.3, 0.4) is 0 Å². The summed E-state index contributed by atoms with van der Waals surface area (Å²) in [6.45, 7) is 1.93. The van der Waals surface area contributed by atoms with Crippen LogP contribution in [0.2, 0.25) is 0 Å². The Balaban J connectivity index is 1.68. The molecule has 2 N–H and O–H groups in total. The third-order valence-electron chi connectivity index (χ3n) is 3.21. The predicted octanol–water partition coefficient (Wildman–Crippen LogP) is 1.09. The highest BCUT2D eigenvalue weighted by Gasteiger charge is 2.29. The molecular weight excluding hydrogens is 320 g/mol. The fourth-order valence-corrected chi connectivity index (χ4v) is 2.84. The van der Waals surface area contributed by atoms with Crippen molar-refractivity contribution in [3.05, 3.63) is 28.3 Å². The Bertz CT molecular complexity index is 750. The number of carbonyl (C=O) groups is 3. The predicted molar refractivity (Wildman–Crippen MR) is 81.3 cm³/mol. The van der Waals surface area contributed by atoms with E-state index in [1.54, 1.807) is 17.5 Å². The first-order chi connectivity index (χ1) is 11.0. The van der Waals surface area contributed by atoms with Gasteiger partial charge in [-0.2, -0.15) is 0 Å². The SMILES string of the molecule is CC(=O)NCc1ccc(-c2csc(CN3C(=O)CNC3=O)n2)o1. The first kappa shape index (κ1) is 15.2. The van der Waals surface area contributed by atoms with E-state index in [1.165, 1.54) is 18.3 Å². The standard InChI is InChI=1S/C14H14N4O4S/c1-8(19)15-4-9-2-3-11(22-9)10-7-23-12(17-10)6-18-13(20)5-16-14(18)21/h2-3,7H,4-6H2,1H3,(H,15,19)(H,16,21). The molecule has 23 heavy (non-hydrogen) atoms. The normalized spacial score (nSPS) is 14.2. The highest BCUT2D eigenvalue weighted by molar-refractivity contribution is 7.09. The van der Waals surface area contributed by atoms with Gasteiger partial charge >= 0.3 is 6.03 Å². The van der Waals surface area contributed by atoms with Gasteiger partial charge in [-0.05, 0) is 12.1 Å². The maximum Gasteiger partial charge on any atom is 0.324 e. The minimum absolute atomic E-state index is 0.0295. The molecule has 8 nitrogen and oxygen atoms in total. The van der Waals surface area contributed by atoms with Crippen molar-refractivity contribution in [3.8, 4) is 11.5 Å². The van der Waals surface area contributed by atoms with Crippen molar-refractivity contribution >= 4 is 29.2 Å². The average molecular weight is 334 g/mol. The molecule has 1 fully saturated rings. The molecule has 2 aromatic heterocycles. The van der Waals surface area contributed by atoms with Crippen molar-refractivity contribution < 1.29 is 18.8 Å². The van der Waals surface area contributed by atoms with Crippen LogP contribution in [0, 0.1) is 0 Å². The van der Waals surface area contributed by atoms with Crippen LogP contribution in [0.1, 0.15) is 17.7 Å². The number of furan rings is 1. The lowest BCUT2D eigenvalue weighted by molar-refractivity contribution is -0.125. The Morgan fingerprint density at radius 1 is 1.48 bits per heavy atom. The van der Waals surface area contributed by atoms with E-state index in [4.69, 9.17) is 4.42 Å². The lowest BCUT2D eigenvalue weighted by atomic mass is 10.3. The second kappa shape index (κ2) is 6.21. The number of rotatable bonds is 5. The number of thiazole rings is 1. The van der Waals surface area contributed by atoms with Crippen LogP contribution in [0.25, 0.3) is 11.5 Å². The molecule has 0 saturated carbocycles. The molecule has 0 aromatic carbocycles. The Morgan fingerprint density at radius 2 is 2.30 bits per heavy atom. The van der Waals surface area contributed by atoms with Gasteiger partial charge in [0.25, 0.3) is 0 Å². The molecule has 1 aliphatic rings. The van der Waals surface area contributed by atoms with E-state index < -0.39 is 6.03 Å². The maximum absolute atomic E-state index is 11.6. The molecule has 0 unspecified atom stereocenters. The molecular formula is C14H14N4O4S. The first-order valence-electron chi connectivity index (χ1n) is 6.89. The molecule has 0 spiro atoms. The average Bonchev–Trinajstić information content (AvgIpc) is 3.22. The highest BCUT2D eigenvalue weighted by Crippen LogP contribution is 2.25. The smallest absolute Gasteiger partial charge is 0.324 e. The minimum atomic E-state index is -0.401. The van der Waals surface area contributed by atoms with Gasteiger partial charge in [-0.1, -0.05) is 0 Å². The van der Waals surface area contributed by atoms with E-state index in [9.17, 15) is 14.4 Å². The summed E-state index contributed by atoms with van der Waals surface area (Å²) in [7, 11) is 0. The number of hydrogen-bond acceptors (Lipinski definition) is 6. The van der Waals surface area contributed by atoms with Crippen molar-refractivity contribution in [3.63, 3.8) is 0 Å². The summed E-state index contributed by atoms with van der Waals surface area (Å²) in [6.07, 6.45) is 0. The molecule has 1 saturated heterocycles. The number of nitrogens with zero attached hydrogens (tertiary/aromatic N) is 2. The van der Waals surface area contributed by atoms with E-state index in [0.29, 0.717) is 28.8 Å². The van der Waals surface area contributed by atoms with Crippen LogP contribution in [0.4, 0.5) is 4.79 Å². The molecule has 0 bridgehead atoms. The van der Waals surface area contributed by atoms with E-state index in [2.05, 4.69) is 15.6 Å². The monoisotopic (exact) mass is 334 g/mol. The second-order valence-corrected chi connectivity index (χ2v) is 5.88. The Labute approximate surface area is 135 Å². The van der Waals surface area contributed by atoms with Crippen molar-refractivity contribution in [1.29, 1.82) is 0 Å². The molecule has 120 valence electrons. The fourth-order valence-electron chi connectivity index (χ4n) is 2.07. The zero-order valence-electron chi connectivity index (χ0n) is 12.3. The lowest BCUT2D eigenvalue weighted by Crippen LogP contribution is -2.30. The summed E-state index contributed by atoms with van der Waals surface area (Å²) < 4.78 is 5.62. The summed E-state index contributed by atoms with van der Waals surface area (Å²) in [5.41, 5.74) is 0.631. The number of hydrogen-bond donors (Lipinski definition) is 2. The largest absolute Gasteiger partial charge is 0.458 e. The number of imide groups is 1. The third kappa shape index (κ3) is 3.39. The lowest BCUT2D eigenvalue weighted by Gasteiger charge is -2.09. The molecule has 1 aliphatic heterocycles. The van der Waals surface area contributed by atoms with Crippen LogP contribution in [0.5, 0.6) is 0 Å². The fraction of sp³-hybridized carbons (Fsp3) is 0.286. The van der Waals surface area contributed by atoms with Gasteiger partial charge in [0.2, 0.25) is 11.8 Å². The van der Waals surface area contributed by atoms with Gasteiger partial charge < -0.3 is 15.1 Å². The summed E-state index contributed by atoms with van der Waals surface area (Å²) in [5.74, 6) is 0.804. The Hall–Kier alpha value is -2.68. The summed E-state index contributed by atoms with van der Waals surface area (Å²) in [5, 5.41) is 7.56. The summed E-state index contributed by atoms with van der Waals surface area (Å²) in [6, 6.07) is 3.13. The van der Waals surface area contributed by atoms with E-state index in [0.717, 1.165) is 4.90 Å². The minimum Gasteiger partial charge on any atom is -0.458 e. The molecule has 4 amide bonds. The number of carbonyl (C=O) groups excluding carboxylic acids is 3. The third-order valence-corrected chi connectivity index (χ3v) is 4.04. The number of amides is 4. The number of nitrogens with one attached hydrogen (secondary N) is 2. The van der Waals surface area contributed by atoms with Gasteiger partial charge in [0.1, 0.15) is 16.5 Å². The second-order valence-electron chi connectivity index (χ2n) is 4.94. The topological polar surface area (TPSA) is 105 Å². The van der Waals surface area contributed by atoms with E-state index in [-0.39, 0.29) is 24.9 Å². The highest BCUT2D eigenvalue weighted by atomic mass is 32.1. The first-order valence-corrected chi connectivity index (χ1v) is 7.77. The molecule has 2 aromatic rings. The zero-order chi connectivity index (χ0) is 16.4. The van der Waals surface area contributed by atoms with Crippen molar-refractivity contribution in [1.82, 2.24) is 20.5 Å². The van der Waals surface area contributed by atoms with Crippen LogP contribution in [-0.4, -0.2) is 34.3 Å². The Kier molecular flexibility index (Phi) is 4.11.